The van der Waals surface area contributed by atoms with Crippen molar-refractivity contribution in [3.63, 3.8) is 0 Å². The Morgan fingerprint density at radius 3 is 2.28 bits per heavy atom. The molecule has 1 saturated heterocycles. The first kappa shape index (κ1) is 31.3. The molecule has 2 aliphatic heterocycles. The maximum atomic E-state index is 14.1. The highest BCUT2D eigenvalue weighted by molar-refractivity contribution is 6.00. The molecule has 2 atom stereocenters. The van der Waals surface area contributed by atoms with Crippen LogP contribution in [0.5, 0.6) is 11.5 Å². The predicted octanol–water partition coefficient (Wildman–Crippen LogP) is 4.73. The zero-order chi connectivity index (χ0) is 31.1. The van der Waals surface area contributed by atoms with E-state index in [1.807, 2.05) is 0 Å². The number of non-ortho nitro benzene ring substituents is 1. The van der Waals surface area contributed by atoms with Crippen LogP contribution in [0.15, 0.2) is 71.1 Å². The van der Waals surface area contributed by atoms with Crippen LogP contribution in [0.4, 0.5) is 18.9 Å². The zero-order valence-electron chi connectivity index (χ0n) is 23.3. The fourth-order valence-corrected chi connectivity index (χ4v) is 4.38. The van der Waals surface area contributed by atoms with Crippen molar-refractivity contribution in [1.29, 1.82) is 0 Å². The Hall–Kier alpha value is -4.59. The van der Waals surface area contributed by atoms with Crippen LogP contribution in [0.25, 0.3) is 0 Å². The van der Waals surface area contributed by atoms with E-state index in [1.165, 1.54) is 26.0 Å². The predicted molar refractivity (Wildman–Crippen MR) is 144 cm³/mol. The average Bonchev–Trinajstić information content (AvgIpc) is 3.80. The largest absolute Gasteiger partial charge is 0.493 e. The molecule has 1 N–H and O–H groups in total. The molecule has 1 fully saturated rings. The number of nitro groups is 1. The van der Waals surface area contributed by atoms with Gasteiger partial charge in [-0.2, -0.15) is 13.2 Å². The van der Waals surface area contributed by atoms with Gasteiger partial charge < -0.3 is 29.0 Å². The summed E-state index contributed by atoms with van der Waals surface area (Å²) in [6, 6.07) is 11.6. The molecule has 14 heteroatoms. The summed E-state index contributed by atoms with van der Waals surface area (Å²) in [5.74, 6) is -2.79. The third kappa shape index (κ3) is 8.03. The van der Waals surface area contributed by atoms with Gasteiger partial charge in [-0.15, -0.1) is 0 Å². The highest BCUT2D eigenvalue weighted by Crippen LogP contribution is 2.44. The van der Waals surface area contributed by atoms with E-state index in [9.17, 15) is 32.9 Å². The molecule has 230 valence electrons. The molecule has 0 aromatic heterocycles. The first-order valence-electron chi connectivity index (χ1n) is 13.3. The fraction of sp³-hybridized carbons (Fsp3) is 0.379. The second-order valence-corrected chi connectivity index (χ2v) is 9.53. The number of epoxide rings is 1. The molecule has 2 aromatic carbocycles. The first-order chi connectivity index (χ1) is 20.5. The minimum Gasteiger partial charge on any atom is -0.493 e. The molecule has 43 heavy (non-hydrogen) atoms. The number of allylic oxidation sites excluding steroid dienone is 2. The Kier molecular flexibility index (Phi) is 9.91. The standard InChI is InChI=1S/C29H29F3N2O9/c1-3-39-28(36)25-24(18-6-4-7-19(14-18)34(37)38)23(17(2)33-26(25)29(30,31)32)27(35)41-13-5-12-40-20-8-10-21(11-9-20)42-15-22-16-43-22/h4,6-11,14,22,24,33H,3,5,12-13,15-16H2,1-2H3. The van der Waals surface area contributed by atoms with Crippen molar-refractivity contribution < 1.29 is 51.4 Å². The van der Waals surface area contributed by atoms with Gasteiger partial charge in [0.05, 0.1) is 48.4 Å². The number of nitrogens with zero attached hydrogens (tertiary/aromatic N) is 1. The lowest BCUT2D eigenvalue weighted by atomic mass is 9.80. The Morgan fingerprint density at radius 2 is 1.67 bits per heavy atom. The van der Waals surface area contributed by atoms with Crippen molar-refractivity contribution in [3.8, 4) is 11.5 Å². The molecule has 2 unspecified atom stereocenters. The minimum atomic E-state index is -5.04. The summed E-state index contributed by atoms with van der Waals surface area (Å²) in [5.41, 5.74) is -3.41. The molecule has 11 nitrogen and oxygen atoms in total. The summed E-state index contributed by atoms with van der Waals surface area (Å²) in [4.78, 5) is 36.9. The highest BCUT2D eigenvalue weighted by atomic mass is 19.4. The second-order valence-electron chi connectivity index (χ2n) is 9.53. The summed E-state index contributed by atoms with van der Waals surface area (Å²) in [5, 5.41) is 13.5. The van der Waals surface area contributed by atoms with Gasteiger partial charge in [-0.1, -0.05) is 12.1 Å². The van der Waals surface area contributed by atoms with Gasteiger partial charge in [0.25, 0.3) is 5.69 Å². The lowest BCUT2D eigenvalue weighted by Crippen LogP contribution is -2.38. The van der Waals surface area contributed by atoms with Crippen molar-refractivity contribution >= 4 is 17.6 Å². The highest BCUT2D eigenvalue weighted by Gasteiger charge is 2.47. The molecule has 0 amide bonds. The van der Waals surface area contributed by atoms with E-state index in [4.69, 9.17) is 23.7 Å². The van der Waals surface area contributed by atoms with Gasteiger partial charge in [-0.3, -0.25) is 10.1 Å². The van der Waals surface area contributed by atoms with Crippen LogP contribution in [-0.4, -0.2) is 62.2 Å². The number of dihydropyridines is 1. The molecule has 0 spiro atoms. The van der Waals surface area contributed by atoms with Crippen LogP contribution in [-0.2, 0) is 23.8 Å². The van der Waals surface area contributed by atoms with Gasteiger partial charge in [0, 0.05) is 24.3 Å². The normalized spacial score (nSPS) is 18.1. The molecule has 0 saturated carbocycles. The molecule has 2 heterocycles. The van der Waals surface area contributed by atoms with E-state index in [-0.39, 0.29) is 49.2 Å². The summed E-state index contributed by atoms with van der Waals surface area (Å²) in [6.07, 6.45) is -4.67. The van der Waals surface area contributed by atoms with Gasteiger partial charge in [0.1, 0.15) is 29.9 Å². The van der Waals surface area contributed by atoms with Gasteiger partial charge >= 0.3 is 18.1 Å². The lowest BCUT2D eigenvalue weighted by molar-refractivity contribution is -0.384. The Bertz CT molecular complexity index is 1420. The number of halogens is 3. The Labute approximate surface area is 244 Å². The second kappa shape index (κ2) is 13.6. The number of ether oxygens (including phenoxy) is 5. The van der Waals surface area contributed by atoms with Crippen molar-refractivity contribution in [2.75, 3.05) is 33.0 Å². The number of carbonyl (C=O) groups is 2. The van der Waals surface area contributed by atoms with E-state index >= 15 is 0 Å². The first-order valence-corrected chi connectivity index (χ1v) is 13.3. The molecule has 2 aromatic rings. The van der Waals surface area contributed by atoms with E-state index in [0.29, 0.717) is 24.7 Å². The van der Waals surface area contributed by atoms with E-state index in [1.54, 1.807) is 24.3 Å². The minimum absolute atomic E-state index is 0.0905. The Morgan fingerprint density at radius 1 is 1.02 bits per heavy atom. The van der Waals surface area contributed by atoms with Crippen molar-refractivity contribution in [2.24, 2.45) is 0 Å². The molecule has 2 aliphatic rings. The number of nitro benzene ring substituents is 1. The average molecular weight is 607 g/mol. The van der Waals surface area contributed by atoms with Gasteiger partial charge in [0.2, 0.25) is 0 Å². The molecule has 0 radical (unpaired) electrons. The summed E-state index contributed by atoms with van der Waals surface area (Å²) in [6.45, 7) is 3.53. The molecule has 4 rings (SSSR count). The number of alkyl halides is 3. The van der Waals surface area contributed by atoms with Gasteiger partial charge in [-0.25, -0.2) is 9.59 Å². The van der Waals surface area contributed by atoms with Crippen LogP contribution in [0.3, 0.4) is 0 Å². The van der Waals surface area contributed by atoms with Crippen LogP contribution in [0.2, 0.25) is 0 Å². The number of hydrogen-bond donors (Lipinski definition) is 1. The number of esters is 2. The van der Waals surface area contributed by atoms with Crippen LogP contribution in [0, 0.1) is 10.1 Å². The van der Waals surface area contributed by atoms with Crippen LogP contribution < -0.4 is 14.8 Å². The van der Waals surface area contributed by atoms with E-state index < -0.39 is 45.9 Å². The smallest absolute Gasteiger partial charge is 0.431 e. The molecular formula is C29H29F3N2O9. The zero-order valence-corrected chi connectivity index (χ0v) is 23.3. The van der Waals surface area contributed by atoms with E-state index in [2.05, 4.69) is 5.32 Å². The van der Waals surface area contributed by atoms with Crippen LogP contribution >= 0.6 is 0 Å². The monoisotopic (exact) mass is 606 g/mol. The van der Waals surface area contributed by atoms with Crippen molar-refractivity contribution in [3.05, 3.63) is 86.7 Å². The molecule has 0 bridgehead atoms. The quantitative estimate of drug-likeness (QED) is 0.112. The summed E-state index contributed by atoms with van der Waals surface area (Å²) < 4.78 is 68.9. The third-order valence-corrected chi connectivity index (χ3v) is 6.43. The van der Waals surface area contributed by atoms with Crippen LogP contribution in [0.1, 0.15) is 31.7 Å². The SMILES string of the molecule is CCOC(=O)C1=C(C(F)(F)F)NC(C)=C(C(=O)OCCCOc2ccc(OCC3CO3)cc2)C1c1cccc([N+](=O)[O-])c1. The van der Waals surface area contributed by atoms with Gasteiger partial charge in [0.15, 0.2) is 0 Å². The maximum Gasteiger partial charge on any atom is 0.431 e. The number of hydrogen-bond acceptors (Lipinski definition) is 10. The fourth-order valence-electron chi connectivity index (χ4n) is 4.38. The lowest BCUT2D eigenvalue weighted by Gasteiger charge is -2.32. The Balaban J connectivity index is 1.49. The van der Waals surface area contributed by atoms with Crippen molar-refractivity contribution in [1.82, 2.24) is 5.32 Å². The topological polar surface area (TPSA) is 139 Å². The molecule has 0 aliphatic carbocycles. The maximum absolute atomic E-state index is 14.1. The third-order valence-electron chi connectivity index (χ3n) is 6.43. The number of benzene rings is 2. The number of carbonyl (C=O) groups excluding carboxylic acids is 2. The summed E-state index contributed by atoms with van der Waals surface area (Å²) >= 11 is 0. The molecular weight excluding hydrogens is 577 g/mol. The van der Waals surface area contributed by atoms with Gasteiger partial charge in [-0.05, 0) is 43.7 Å². The van der Waals surface area contributed by atoms with E-state index in [0.717, 1.165) is 12.1 Å². The summed E-state index contributed by atoms with van der Waals surface area (Å²) in [7, 11) is 0. The number of rotatable bonds is 13. The van der Waals surface area contributed by atoms with Crippen molar-refractivity contribution in [2.45, 2.75) is 38.5 Å². The number of nitrogens with one attached hydrogen (secondary N) is 1.